The van der Waals surface area contributed by atoms with E-state index in [1.165, 1.54) is 0 Å². The van der Waals surface area contributed by atoms with Crippen molar-refractivity contribution < 1.29 is 37.7 Å². The Labute approximate surface area is 123 Å². The molecule has 0 spiro atoms. The molecule has 11 heteroatoms. The van der Waals surface area contributed by atoms with Crippen molar-refractivity contribution in [2.24, 2.45) is 17.2 Å². The second-order valence-corrected chi connectivity index (χ2v) is 5.12. The summed E-state index contributed by atoms with van der Waals surface area (Å²) < 4.78 is 39.6. The largest absolute Gasteiger partial charge is 0.481 e. The van der Waals surface area contributed by atoms with Crippen LogP contribution in [0.4, 0.5) is 18.1 Å². The number of carbonyl (C=O) groups is 3. The third kappa shape index (κ3) is 3.24. The fourth-order valence-electron chi connectivity index (χ4n) is 2.57. The first-order chi connectivity index (χ1) is 10.2. The molecule has 0 heterocycles. The molecule has 1 saturated carbocycles. The Hall–Kier alpha value is -2.04. The second kappa shape index (κ2) is 6.81. The average Bonchev–Trinajstić information content (AvgIpc) is 2.51. The summed E-state index contributed by atoms with van der Waals surface area (Å²) in [4.78, 5) is 35.6. The summed E-state index contributed by atoms with van der Waals surface area (Å²) in [5, 5.41) is 11.5. The van der Waals surface area contributed by atoms with E-state index in [0.717, 1.165) is 0 Å². The number of carbonyl (C=O) groups excluding carboxylic acids is 2. The van der Waals surface area contributed by atoms with Crippen LogP contribution in [0.3, 0.4) is 0 Å². The van der Waals surface area contributed by atoms with Gasteiger partial charge in [-0.2, -0.15) is 8.78 Å². The fraction of sp³-hybridized carbons (Fsp3) is 0.727. The standard InChI is InChI=1S/C11H16F3N3O5/c12-11(13,8(20)22-14)10(7(18)19)3-1-6(2-4-10)5-16-9(21)17-15/h6H,1-5,15H2,(H,18,19)(H2,16,17,21). The van der Waals surface area contributed by atoms with E-state index in [9.17, 15) is 27.7 Å². The van der Waals surface area contributed by atoms with Gasteiger partial charge in [-0.3, -0.25) is 10.2 Å². The Balaban J connectivity index is 2.80. The van der Waals surface area contributed by atoms with E-state index in [4.69, 9.17) is 10.9 Å². The molecule has 0 radical (unpaired) electrons. The van der Waals surface area contributed by atoms with Crippen LogP contribution in [0, 0.1) is 11.3 Å². The number of rotatable bonds is 5. The predicted molar refractivity (Wildman–Crippen MR) is 64.9 cm³/mol. The van der Waals surface area contributed by atoms with E-state index in [1.807, 2.05) is 5.43 Å². The number of amides is 2. The number of carboxylic acid groups (broad SMARTS) is 1. The van der Waals surface area contributed by atoms with Crippen LogP contribution >= 0.6 is 0 Å². The molecular formula is C11H16F3N3O5. The summed E-state index contributed by atoms with van der Waals surface area (Å²) in [5.41, 5.74) is -0.901. The van der Waals surface area contributed by atoms with Gasteiger partial charge in [-0.1, -0.05) is 0 Å². The SMILES string of the molecule is NNC(=O)NCC1CCC(C(=O)O)(C(F)(F)C(=O)OF)CC1. The quantitative estimate of drug-likeness (QED) is 0.330. The molecule has 2 amide bonds. The number of nitrogens with two attached hydrogens (primary N) is 1. The zero-order valence-corrected chi connectivity index (χ0v) is 11.4. The van der Waals surface area contributed by atoms with Crippen LogP contribution in [-0.2, 0) is 14.5 Å². The van der Waals surface area contributed by atoms with Gasteiger partial charge in [0.25, 0.3) is 0 Å². The lowest BCUT2D eigenvalue weighted by molar-refractivity contribution is -0.236. The maximum atomic E-state index is 13.9. The Bertz CT molecular complexity index is 452. The monoisotopic (exact) mass is 327 g/mol. The highest BCUT2D eigenvalue weighted by Crippen LogP contribution is 2.50. The van der Waals surface area contributed by atoms with Crippen molar-refractivity contribution in [3.05, 3.63) is 0 Å². The minimum Gasteiger partial charge on any atom is -0.481 e. The highest BCUT2D eigenvalue weighted by molar-refractivity contribution is 5.88. The lowest BCUT2D eigenvalue weighted by atomic mass is 9.66. The molecule has 5 N–H and O–H groups in total. The minimum atomic E-state index is -4.49. The number of aliphatic carboxylic acids is 1. The molecule has 1 aliphatic rings. The Kier molecular flexibility index (Phi) is 5.58. The van der Waals surface area contributed by atoms with Crippen LogP contribution in [0.1, 0.15) is 25.7 Å². The first-order valence-corrected chi connectivity index (χ1v) is 6.40. The van der Waals surface area contributed by atoms with E-state index in [2.05, 4.69) is 10.3 Å². The number of hydrogen-bond acceptors (Lipinski definition) is 5. The Morgan fingerprint density at radius 2 is 1.86 bits per heavy atom. The molecule has 1 fully saturated rings. The van der Waals surface area contributed by atoms with Gasteiger partial charge in [-0.15, -0.1) is 0 Å². The molecule has 1 aliphatic carbocycles. The first kappa shape index (κ1) is 18.0. The molecule has 0 bridgehead atoms. The lowest BCUT2D eigenvalue weighted by Gasteiger charge is -2.39. The van der Waals surface area contributed by atoms with Gasteiger partial charge in [0.15, 0.2) is 0 Å². The zero-order valence-electron chi connectivity index (χ0n) is 11.4. The van der Waals surface area contributed by atoms with E-state index in [0.29, 0.717) is 0 Å². The van der Waals surface area contributed by atoms with Crippen molar-refractivity contribution in [3.63, 3.8) is 0 Å². The Morgan fingerprint density at radius 3 is 2.27 bits per heavy atom. The summed E-state index contributed by atoms with van der Waals surface area (Å²) in [6.07, 6.45) is -1.10. The van der Waals surface area contributed by atoms with Crippen molar-refractivity contribution in [1.82, 2.24) is 10.7 Å². The van der Waals surface area contributed by atoms with Crippen molar-refractivity contribution in [2.75, 3.05) is 6.54 Å². The van der Waals surface area contributed by atoms with Crippen molar-refractivity contribution in [2.45, 2.75) is 31.6 Å². The summed E-state index contributed by atoms with van der Waals surface area (Å²) in [6.45, 7) is 0.109. The van der Waals surface area contributed by atoms with Crippen LogP contribution < -0.4 is 16.6 Å². The molecule has 8 nitrogen and oxygen atoms in total. The van der Waals surface area contributed by atoms with Gasteiger partial charge >= 0.3 is 23.9 Å². The lowest BCUT2D eigenvalue weighted by Crippen LogP contribution is -2.55. The number of alkyl halides is 2. The third-order valence-corrected chi connectivity index (χ3v) is 3.98. The highest BCUT2D eigenvalue weighted by Gasteiger charge is 2.66. The maximum Gasteiger partial charge on any atom is 0.418 e. The van der Waals surface area contributed by atoms with E-state index in [1.54, 1.807) is 0 Å². The molecule has 1 rings (SSSR count). The van der Waals surface area contributed by atoms with Crippen LogP contribution in [0.5, 0.6) is 0 Å². The molecule has 0 aromatic rings. The molecule has 126 valence electrons. The third-order valence-electron chi connectivity index (χ3n) is 3.98. The summed E-state index contributed by atoms with van der Waals surface area (Å²) in [5.74, 6) is -4.31. The number of hydrogen-bond donors (Lipinski definition) is 4. The number of nitrogens with one attached hydrogen (secondary N) is 2. The predicted octanol–water partition coefficient (Wildman–Crippen LogP) is 0.483. The van der Waals surface area contributed by atoms with Crippen LogP contribution in [0.25, 0.3) is 0 Å². The summed E-state index contributed by atoms with van der Waals surface area (Å²) >= 11 is 0. The highest BCUT2D eigenvalue weighted by atomic mass is 19.3. The summed E-state index contributed by atoms with van der Waals surface area (Å²) in [7, 11) is 0. The molecule has 0 aromatic carbocycles. The van der Waals surface area contributed by atoms with E-state index in [-0.39, 0.29) is 25.3 Å². The van der Waals surface area contributed by atoms with Gasteiger partial charge in [0.1, 0.15) is 5.41 Å². The average molecular weight is 327 g/mol. The molecule has 0 unspecified atom stereocenters. The van der Waals surface area contributed by atoms with Crippen LogP contribution in [-0.4, -0.2) is 35.5 Å². The Morgan fingerprint density at radius 1 is 1.32 bits per heavy atom. The minimum absolute atomic E-state index is 0.00626. The second-order valence-electron chi connectivity index (χ2n) is 5.12. The normalized spacial score (nSPS) is 25.2. The van der Waals surface area contributed by atoms with Gasteiger partial charge in [-0.25, -0.2) is 20.4 Å². The van der Waals surface area contributed by atoms with E-state index < -0.39 is 42.1 Å². The molecule has 0 atom stereocenters. The van der Waals surface area contributed by atoms with Crippen molar-refractivity contribution in [3.8, 4) is 0 Å². The zero-order chi connectivity index (χ0) is 17.0. The van der Waals surface area contributed by atoms with Gasteiger partial charge in [0.2, 0.25) is 0 Å². The molecule has 22 heavy (non-hydrogen) atoms. The number of halogens is 3. The topological polar surface area (TPSA) is 131 Å². The summed E-state index contributed by atoms with van der Waals surface area (Å²) in [6, 6.07) is -0.665. The maximum absolute atomic E-state index is 13.9. The molecular weight excluding hydrogens is 311 g/mol. The molecule has 0 aromatic heterocycles. The fourth-order valence-corrected chi connectivity index (χ4v) is 2.57. The van der Waals surface area contributed by atoms with E-state index >= 15 is 0 Å². The molecule has 0 aliphatic heterocycles. The van der Waals surface area contributed by atoms with Crippen LogP contribution in [0.15, 0.2) is 0 Å². The van der Waals surface area contributed by atoms with Gasteiger partial charge < -0.3 is 10.4 Å². The molecule has 0 saturated heterocycles. The van der Waals surface area contributed by atoms with Crippen molar-refractivity contribution in [1.29, 1.82) is 0 Å². The van der Waals surface area contributed by atoms with Gasteiger partial charge in [-0.05, 0) is 31.6 Å². The number of urea groups is 1. The van der Waals surface area contributed by atoms with Crippen molar-refractivity contribution >= 4 is 18.0 Å². The number of hydrazine groups is 1. The smallest absolute Gasteiger partial charge is 0.418 e. The van der Waals surface area contributed by atoms with Gasteiger partial charge in [0.05, 0.1) is 0 Å². The first-order valence-electron chi connectivity index (χ1n) is 6.40. The van der Waals surface area contributed by atoms with Crippen LogP contribution in [0.2, 0.25) is 0 Å². The van der Waals surface area contributed by atoms with Gasteiger partial charge in [0, 0.05) is 11.1 Å². The number of carboxylic acids is 1.